The Labute approximate surface area is 191 Å². The van der Waals surface area contributed by atoms with Gasteiger partial charge in [-0.05, 0) is 57.1 Å². The van der Waals surface area contributed by atoms with Crippen LogP contribution in [-0.2, 0) is 4.79 Å². The van der Waals surface area contributed by atoms with Crippen molar-refractivity contribution in [2.45, 2.75) is 46.5 Å². The maximum absolute atomic E-state index is 13.2. The second-order valence-corrected chi connectivity index (χ2v) is 7.85. The molecule has 0 aliphatic carbocycles. The lowest BCUT2D eigenvalue weighted by molar-refractivity contribution is -0.118. The zero-order valence-corrected chi connectivity index (χ0v) is 19.4. The SMILES string of the molecule is CCCCN(CCCC)CC(C(=O)Nc1ccccc1)/C(C)=N\NC(=O)c1ccncc1. The summed E-state index contributed by atoms with van der Waals surface area (Å²) in [6.45, 7) is 8.54. The lowest BCUT2D eigenvalue weighted by atomic mass is 10.0. The number of unbranched alkanes of at least 4 members (excludes halogenated alkanes) is 2. The van der Waals surface area contributed by atoms with E-state index in [1.807, 2.05) is 30.3 Å². The molecule has 1 aromatic carbocycles. The highest BCUT2D eigenvalue weighted by Crippen LogP contribution is 2.13. The molecule has 2 amide bonds. The largest absolute Gasteiger partial charge is 0.325 e. The third kappa shape index (κ3) is 8.59. The van der Waals surface area contributed by atoms with Crippen LogP contribution in [0.5, 0.6) is 0 Å². The number of hydrogen-bond acceptors (Lipinski definition) is 5. The van der Waals surface area contributed by atoms with Crippen molar-refractivity contribution in [1.82, 2.24) is 15.3 Å². The summed E-state index contributed by atoms with van der Waals surface area (Å²) in [6, 6.07) is 12.6. The molecule has 0 bridgehead atoms. The van der Waals surface area contributed by atoms with Crippen molar-refractivity contribution >= 4 is 23.2 Å². The molecule has 1 atom stereocenters. The quantitative estimate of drug-likeness (QED) is 0.360. The number of pyridine rings is 1. The van der Waals surface area contributed by atoms with E-state index in [2.05, 4.69) is 39.6 Å². The molecule has 2 N–H and O–H groups in total. The first kappa shape index (κ1) is 25.2. The van der Waals surface area contributed by atoms with Gasteiger partial charge in [0.15, 0.2) is 0 Å². The zero-order chi connectivity index (χ0) is 23.2. The Balaban J connectivity index is 2.18. The van der Waals surface area contributed by atoms with Gasteiger partial charge in [0.1, 0.15) is 0 Å². The van der Waals surface area contributed by atoms with Gasteiger partial charge < -0.3 is 10.2 Å². The predicted octanol–water partition coefficient (Wildman–Crippen LogP) is 4.34. The fraction of sp³-hybridized carbons (Fsp3) is 0.440. The van der Waals surface area contributed by atoms with E-state index in [4.69, 9.17) is 0 Å². The Morgan fingerprint density at radius 3 is 2.22 bits per heavy atom. The van der Waals surface area contributed by atoms with Crippen LogP contribution >= 0.6 is 0 Å². The second kappa shape index (κ2) is 14.1. The van der Waals surface area contributed by atoms with Gasteiger partial charge in [-0.25, -0.2) is 5.43 Å². The number of benzene rings is 1. The number of hydrogen-bond donors (Lipinski definition) is 2. The molecule has 0 aliphatic heterocycles. The number of rotatable bonds is 13. The number of hydrazone groups is 1. The number of carbonyl (C=O) groups excluding carboxylic acids is 2. The van der Waals surface area contributed by atoms with Gasteiger partial charge in [-0.2, -0.15) is 5.10 Å². The average molecular weight is 438 g/mol. The first-order valence-electron chi connectivity index (χ1n) is 11.4. The lowest BCUT2D eigenvalue weighted by Crippen LogP contribution is -2.41. The van der Waals surface area contributed by atoms with Crippen LogP contribution in [0.15, 0.2) is 60.0 Å². The van der Waals surface area contributed by atoms with Crippen LogP contribution in [0.2, 0.25) is 0 Å². The minimum atomic E-state index is -0.485. The van der Waals surface area contributed by atoms with Gasteiger partial charge in [-0.1, -0.05) is 44.9 Å². The summed E-state index contributed by atoms with van der Waals surface area (Å²) in [5, 5.41) is 7.28. The molecule has 2 rings (SSSR count). The number of amides is 2. The fourth-order valence-corrected chi connectivity index (χ4v) is 3.26. The van der Waals surface area contributed by atoms with E-state index in [9.17, 15) is 9.59 Å². The number of anilines is 1. The molecule has 172 valence electrons. The number of para-hydroxylation sites is 1. The summed E-state index contributed by atoms with van der Waals surface area (Å²) < 4.78 is 0. The van der Waals surface area contributed by atoms with Crippen LogP contribution in [0.25, 0.3) is 0 Å². The van der Waals surface area contributed by atoms with Gasteiger partial charge in [0.25, 0.3) is 5.91 Å². The van der Waals surface area contributed by atoms with Gasteiger partial charge in [-0.3, -0.25) is 14.6 Å². The second-order valence-electron chi connectivity index (χ2n) is 7.85. The summed E-state index contributed by atoms with van der Waals surface area (Å²) in [5.41, 5.74) is 4.36. The third-order valence-electron chi connectivity index (χ3n) is 5.23. The van der Waals surface area contributed by atoms with Crippen molar-refractivity contribution in [3.8, 4) is 0 Å². The van der Waals surface area contributed by atoms with Crippen LogP contribution in [-0.4, -0.2) is 47.0 Å². The number of nitrogens with one attached hydrogen (secondary N) is 2. The van der Waals surface area contributed by atoms with Gasteiger partial charge in [0, 0.05) is 35.9 Å². The molecule has 1 heterocycles. The molecule has 0 saturated carbocycles. The highest BCUT2D eigenvalue weighted by molar-refractivity contribution is 6.09. The molecule has 0 saturated heterocycles. The van der Waals surface area contributed by atoms with Crippen LogP contribution < -0.4 is 10.7 Å². The number of aromatic nitrogens is 1. The van der Waals surface area contributed by atoms with E-state index in [1.54, 1.807) is 31.5 Å². The van der Waals surface area contributed by atoms with Crippen LogP contribution in [0.3, 0.4) is 0 Å². The first-order chi connectivity index (χ1) is 15.5. The van der Waals surface area contributed by atoms with Crippen molar-refractivity contribution in [2.24, 2.45) is 11.0 Å². The zero-order valence-electron chi connectivity index (χ0n) is 19.4. The van der Waals surface area contributed by atoms with Crippen LogP contribution in [0.1, 0.15) is 56.8 Å². The minimum Gasteiger partial charge on any atom is -0.325 e. The fourth-order valence-electron chi connectivity index (χ4n) is 3.26. The topological polar surface area (TPSA) is 86.7 Å². The molecule has 0 radical (unpaired) electrons. The van der Waals surface area contributed by atoms with Gasteiger partial charge in [0.05, 0.1) is 5.92 Å². The molecule has 7 heteroatoms. The monoisotopic (exact) mass is 437 g/mol. The molecule has 1 unspecified atom stereocenters. The van der Waals surface area contributed by atoms with E-state index in [0.717, 1.165) is 44.5 Å². The normalized spacial score (nSPS) is 12.4. The highest BCUT2D eigenvalue weighted by atomic mass is 16.2. The Morgan fingerprint density at radius 2 is 1.62 bits per heavy atom. The van der Waals surface area contributed by atoms with Crippen molar-refractivity contribution in [2.75, 3.05) is 25.0 Å². The average Bonchev–Trinajstić information content (AvgIpc) is 2.83. The van der Waals surface area contributed by atoms with Gasteiger partial charge >= 0.3 is 0 Å². The minimum absolute atomic E-state index is 0.131. The van der Waals surface area contributed by atoms with Crippen molar-refractivity contribution in [3.63, 3.8) is 0 Å². The Bertz CT molecular complexity index is 847. The van der Waals surface area contributed by atoms with Crippen LogP contribution in [0.4, 0.5) is 5.69 Å². The highest BCUT2D eigenvalue weighted by Gasteiger charge is 2.25. The van der Waals surface area contributed by atoms with Gasteiger partial charge in [0.2, 0.25) is 5.91 Å². The van der Waals surface area contributed by atoms with E-state index in [-0.39, 0.29) is 11.8 Å². The molecular weight excluding hydrogens is 402 g/mol. The number of carbonyl (C=O) groups is 2. The molecule has 1 aromatic heterocycles. The third-order valence-corrected chi connectivity index (χ3v) is 5.23. The molecule has 7 nitrogen and oxygen atoms in total. The molecule has 2 aromatic rings. The molecule has 32 heavy (non-hydrogen) atoms. The van der Waals surface area contributed by atoms with Gasteiger partial charge in [-0.15, -0.1) is 0 Å². The summed E-state index contributed by atoms with van der Waals surface area (Å²) in [7, 11) is 0. The predicted molar refractivity (Wildman–Crippen MR) is 130 cm³/mol. The Kier molecular flexibility index (Phi) is 11.1. The summed E-state index contributed by atoms with van der Waals surface area (Å²) in [6.07, 6.45) is 7.45. The molecule has 0 fully saturated rings. The van der Waals surface area contributed by atoms with E-state index < -0.39 is 5.92 Å². The maximum atomic E-state index is 13.2. The molecule has 0 spiro atoms. The number of nitrogens with zero attached hydrogens (tertiary/aromatic N) is 3. The first-order valence-corrected chi connectivity index (χ1v) is 11.4. The molecular formula is C25H35N5O2. The Morgan fingerprint density at radius 1 is 1.00 bits per heavy atom. The smallest absolute Gasteiger partial charge is 0.271 e. The summed E-state index contributed by atoms with van der Waals surface area (Å²) >= 11 is 0. The van der Waals surface area contributed by atoms with Crippen molar-refractivity contribution < 1.29 is 9.59 Å². The lowest BCUT2D eigenvalue weighted by Gasteiger charge is -2.27. The standard InChI is InChI=1S/C25H35N5O2/c1-4-6-17-30(18-7-5-2)19-23(25(32)27-22-11-9-8-10-12-22)20(3)28-29-24(31)21-13-15-26-16-14-21/h8-16,23H,4-7,17-19H2,1-3H3,(H,27,32)(H,29,31)/b28-20-. The van der Waals surface area contributed by atoms with E-state index in [1.165, 1.54) is 0 Å². The summed E-state index contributed by atoms with van der Waals surface area (Å²) in [5.74, 6) is -0.946. The summed E-state index contributed by atoms with van der Waals surface area (Å²) in [4.78, 5) is 31.8. The van der Waals surface area contributed by atoms with Crippen molar-refractivity contribution in [1.29, 1.82) is 0 Å². The van der Waals surface area contributed by atoms with E-state index >= 15 is 0 Å². The molecule has 0 aliphatic rings. The van der Waals surface area contributed by atoms with Crippen LogP contribution in [0, 0.1) is 5.92 Å². The van der Waals surface area contributed by atoms with Crippen molar-refractivity contribution in [3.05, 3.63) is 60.4 Å². The maximum Gasteiger partial charge on any atom is 0.271 e. The van der Waals surface area contributed by atoms with E-state index in [0.29, 0.717) is 17.8 Å². The Hall–Kier alpha value is -3.06.